The van der Waals surface area contributed by atoms with Gasteiger partial charge in [0.2, 0.25) is 0 Å². The van der Waals surface area contributed by atoms with Gasteiger partial charge in [-0.05, 0) is 74.1 Å². The van der Waals surface area contributed by atoms with Crippen LogP contribution in [-0.4, -0.2) is 30.3 Å². The summed E-state index contributed by atoms with van der Waals surface area (Å²) in [6.45, 7) is 3.77. The highest BCUT2D eigenvalue weighted by Gasteiger charge is 2.26. The zero-order valence-corrected chi connectivity index (χ0v) is 20.9. The van der Waals surface area contributed by atoms with Gasteiger partial charge < -0.3 is 18.7 Å². The molecule has 2 heterocycles. The molecule has 4 aromatic rings. The van der Waals surface area contributed by atoms with E-state index < -0.39 is 0 Å². The van der Waals surface area contributed by atoms with E-state index in [0.29, 0.717) is 22.8 Å². The lowest BCUT2D eigenvalue weighted by Crippen LogP contribution is -2.15. The third kappa shape index (κ3) is 4.33. The van der Waals surface area contributed by atoms with E-state index in [0.717, 1.165) is 63.8 Å². The number of carbonyl (C=O) groups is 1. The molecule has 0 saturated carbocycles. The standard InChI is InChI=1S/C29H28N2O5/c1-17-23(18(2)36-31-17)16-35-29(32)27-21-9-5-6-11-24(21)30-28-20(8-7-10-22(27)28)14-19-12-13-25(33-3)26(15-19)34-4/h5-6,9,11-15H,7-8,10,16H2,1-4H3. The number of allylic oxidation sites excluding steroid dienone is 1. The van der Waals surface area contributed by atoms with Gasteiger partial charge in [-0.3, -0.25) is 0 Å². The zero-order chi connectivity index (χ0) is 25.2. The first-order valence-corrected chi connectivity index (χ1v) is 11.9. The molecule has 7 nitrogen and oxygen atoms in total. The van der Waals surface area contributed by atoms with Crippen molar-refractivity contribution in [3.63, 3.8) is 0 Å². The van der Waals surface area contributed by atoms with Crippen molar-refractivity contribution in [2.75, 3.05) is 14.2 Å². The SMILES string of the molecule is COc1ccc(C=C2CCCc3c2nc2ccccc2c3C(=O)OCc2c(C)noc2C)cc1OC. The van der Waals surface area contributed by atoms with E-state index in [-0.39, 0.29) is 12.6 Å². The minimum Gasteiger partial charge on any atom is -0.493 e. The molecule has 0 saturated heterocycles. The molecule has 0 radical (unpaired) electrons. The molecule has 2 aromatic heterocycles. The summed E-state index contributed by atoms with van der Waals surface area (Å²) in [5.74, 6) is 1.63. The lowest BCUT2D eigenvalue weighted by Gasteiger charge is -2.22. The third-order valence-corrected chi connectivity index (χ3v) is 6.65. The molecule has 0 bridgehead atoms. The molecule has 5 rings (SSSR count). The highest BCUT2D eigenvalue weighted by Crippen LogP contribution is 2.37. The lowest BCUT2D eigenvalue weighted by atomic mass is 9.86. The number of ether oxygens (including phenoxy) is 3. The van der Waals surface area contributed by atoms with E-state index in [1.807, 2.05) is 56.3 Å². The van der Waals surface area contributed by atoms with Crippen LogP contribution in [0.4, 0.5) is 0 Å². The second kappa shape index (κ2) is 9.85. The number of carbonyl (C=O) groups excluding carboxylic acids is 1. The van der Waals surface area contributed by atoms with Gasteiger partial charge in [0.1, 0.15) is 12.4 Å². The van der Waals surface area contributed by atoms with Gasteiger partial charge in [0, 0.05) is 5.39 Å². The van der Waals surface area contributed by atoms with Crippen molar-refractivity contribution in [2.45, 2.75) is 39.7 Å². The topological polar surface area (TPSA) is 83.7 Å². The summed E-state index contributed by atoms with van der Waals surface area (Å²) in [7, 11) is 3.24. The summed E-state index contributed by atoms with van der Waals surface area (Å²) in [6, 6.07) is 13.5. The molecule has 1 aliphatic carbocycles. The van der Waals surface area contributed by atoms with E-state index >= 15 is 0 Å². The fourth-order valence-corrected chi connectivity index (χ4v) is 4.77. The number of hydrogen-bond donors (Lipinski definition) is 0. The number of para-hydroxylation sites is 1. The van der Waals surface area contributed by atoms with Crippen LogP contribution < -0.4 is 9.47 Å². The van der Waals surface area contributed by atoms with Gasteiger partial charge in [0.25, 0.3) is 0 Å². The van der Waals surface area contributed by atoms with E-state index in [4.69, 9.17) is 23.7 Å². The van der Waals surface area contributed by atoms with Gasteiger partial charge in [-0.25, -0.2) is 9.78 Å². The first-order chi connectivity index (χ1) is 17.5. The molecule has 0 spiro atoms. The van der Waals surface area contributed by atoms with Crippen LogP contribution in [-0.2, 0) is 17.8 Å². The average Bonchev–Trinajstić information content (AvgIpc) is 3.22. The van der Waals surface area contributed by atoms with E-state index in [1.165, 1.54) is 0 Å². The van der Waals surface area contributed by atoms with Crippen LogP contribution in [0.1, 0.15) is 57.0 Å². The highest BCUT2D eigenvalue weighted by atomic mass is 16.5. The number of aromatic nitrogens is 2. The van der Waals surface area contributed by atoms with Crippen LogP contribution in [0.2, 0.25) is 0 Å². The number of esters is 1. The zero-order valence-electron chi connectivity index (χ0n) is 20.9. The number of aryl methyl sites for hydroxylation is 2. The Kier molecular flexibility index (Phi) is 6.46. The van der Waals surface area contributed by atoms with Crippen molar-refractivity contribution in [2.24, 2.45) is 0 Å². The van der Waals surface area contributed by atoms with Crippen LogP contribution in [0.3, 0.4) is 0 Å². The lowest BCUT2D eigenvalue weighted by molar-refractivity contribution is 0.0471. The van der Waals surface area contributed by atoms with Crippen LogP contribution in [0.25, 0.3) is 22.6 Å². The van der Waals surface area contributed by atoms with Gasteiger partial charge in [0.15, 0.2) is 11.5 Å². The maximum Gasteiger partial charge on any atom is 0.339 e. The van der Waals surface area contributed by atoms with E-state index in [9.17, 15) is 4.79 Å². The Morgan fingerprint density at radius 2 is 1.86 bits per heavy atom. The summed E-state index contributed by atoms with van der Waals surface area (Å²) in [4.78, 5) is 18.5. The van der Waals surface area contributed by atoms with Crippen molar-refractivity contribution in [1.29, 1.82) is 0 Å². The summed E-state index contributed by atoms with van der Waals surface area (Å²) >= 11 is 0. The quantitative estimate of drug-likeness (QED) is 0.306. The van der Waals surface area contributed by atoms with Crippen LogP contribution in [0.5, 0.6) is 11.5 Å². The van der Waals surface area contributed by atoms with Crippen LogP contribution in [0, 0.1) is 13.8 Å². The number of pyridine rings is 1. The van der Waals surface area contributed by atoms with Gasteiger partial charge in [-0.15, -0.1) is 0 Å². The molecule has 184 valence electrons. The molecular formula is C29H28N2O5. The number of nitrogens with zero attached hydrogens (tertiary/aromatic N) is 2. The number of benzene rings is 2. The molecule has 2 aromatic carbocycles. The fraction of sp³-hybridized carbons (Fsp3) is 0.276. The molecule has 0 N–H and O–H groups in total. The van der Waals surface area contributed by atoms with Crippen LogP contribution in [0.15, 0.2) is 47.0 Å². The van der Waals surface area contributed by atoms with Crippen molar-refractivity contribution >= 4 is 28.5 Å². The largest absolute Gasteiger partial charge is 0.493 e. The Hall–Kier alpha value is -4.13. The predicted molar refractivity (Wildman–Crippen MR) is 137 cm³/mol. The Labute approximate surface area is 209 Å². The molecule has 0 amide bonds. The third-order valence-electron chi connectivity index (χ3n) is 6.65. The summed E-state index contributed by atoms with van der Waals surface area (Å²) in [5, 5.41) is 4.76. The number of hydrogen-bond acceptors (Lipinski definition) is 7. The Morgan fingerprint density at radius 3 is 2.61 bits per heavy atom. The Bertz CT molecular complexity index is 1470. The monoisotopic (exact) mass is 484 g/mol. The fourth-order valence-electron chi connectivity index (χ4n) is 4.77. The number of rotatable bonds is 6. The molecule has 0 atom stereocenters. The van der Waals surface area contributed by atoms with E-state index in [1.54, 1.807) is 14.2 Å². The van der Waals surface area contributed by atoms with Gasteiger partial charge >= 0.3 is 5.97 Å². The molecular weight excluding hydrogens is 456 g/mol. The second-order valence-corrected chi connectivity index (χ2v) is 8.85. The molecule has 1 aliphatic rings. The van der Waals surface area contributed by atoms with Gasteiger partial charge in [-0.2, -0.15) is 0 Å². The normalized spacial score (nSPS) is 14.1. The van der Waals surface area contributed by atoms with Gasteiger partial charge in [-0.1, -0.05) is 29.4 Å². The molecule has 0 fully saturated rings. The maximum atomic E-state index is 13.5. The maximum absolute atomic E-state index is 13.5. The minimum atomic E-state index is -0.364. The van der Waals surface area contributed by atoms with Crippen molar-refractivity contribution in [3.8, 4) is 11.5 Å². The van der Waals surface area contributed by atoms with Crippen molar-refractivity contribution in [1.82, 2.24) is 10.1 Å². The number of fused-ring (bicyclic) bond motifs is 2. The molecule has 36 heavy (non-hydrogen) atoms. The minimum absolute atomic E-state index is 0.111. The first-order valence-electron chi connectivity index (χ1n) is 11.9. The van der Waals surface area contributed by atoms with Crippen molar-refractivity contribution < 1.29 is 23.5 Å². The average molecular weight is 485 g/mol. The van der Waals surface area contributed by atoms with Crippen molar-refractivity contribution in [3.05, 3.63) is 81.9 Å². The Morgan fingerprint density at radius 1 is 1.06 bits per heavy atom. The molecule has 7 heteroatoms. The highest BCUT2D eigenvalue weighted by molar-refractivity contribution is 6.06. The van der Waals surface area contributed by atoms with Crippen LogP contribution >= 0.6 is 0 Å². The molecule has 0 aliphatic heterocycles. The van der Waals surface area contributed by atoms with E-state index in [2.05, 4.69) is 11.2 Å². The van der Waals surface area contributed by atoms with Gasteiger partial charge in [0.05, 0.1) is 42.3 Å². The predicted octanol–water partition coefficient (Wildman–Crippen LogP) is 6.09. The summed E-state index contributed by atoms with van der Waals surface area (Å²) in [5.41, 5.74) is 6.70. The summed E-state index contributed by atoms with van der Waals surface area (Å²) in [6.07, 6.45) is 4.64. The molecule has 0 unspecified atom stereocenters. The Balaban J connectivity index is 1.58. The first kappa shape index (κ1) is 23.6. The summed E-state index contributed by atoms with van der Waals surface area (Å²) < 4.78 is 21.9. The second-order valence-electron chi connectivity index (χ2n) is 8.85. The smallest absolute Gasteiger partial charge is 0.339 e. The number of methoxy groups -OCH3 is 2.